The van der Waals surface area contributed by atoms with Crippen molar-refractivity contribution in [1.29, 1.82) is 5.26 Å². The van der Waals surface area contributed by atoms with E-state index < -0.39 is 0 Å². The van der Waals surface area contributed by atoms with E-state index in [1.165, 1.54) is 7.11 Å². The van der Waals surface area contributed by atoms with E-state index in [1.54, 1.807) is 16.7 Å². The Hall–Kier alpha value is -2.61. The number of benzene rings is 1. The van der Waals surface area contributed by atoms with E-state index in [-0.39, 0.29) is 5.97 Å². The molecule has 2 aromatic rings. The van der Waals surface area contributed by atoms with Crippen molar-refractivity contribution in [3.05, 3.63) is 48.5 Å². The number of nitrogens with zero attached hydrogens (tertiary/aromatic N) is 3. The molecule has 0 N–H and O–H groups in total. The summed E-state index contributed by atoms with van der Waals surface area (Å²) in [6, 6.07) is 9.12. The maximum atomic E-state index is 11.3. The third-order valence-corrected chi connectivity index (χ3v) is 2.53. The monoisotopic (exact) mass is 242 g/mol. The van der Waals surface area contributed by atoms with Crippen LogP contribution in [0.15, 0.2) is 43.0 Å². The van der Waals surface area contributed by atoms with Crippen LogP contribution < -0.4 is 4.57 Å². The van der Waals surface area contributed by atoms with Gasteiger partial charge in [-0.2, -0.15) is 5.26 Å². The van der Waals surface area contributed by atoms with Crippen molar-refractivity contribution in [2.24, 2.45) is 0 Å². The van der Waals surface area contributed by atoms with Gasteiger partial charge in [-0.3, -0.25) is 0 Å². The van der Waals surface area contributed by atoms with Gasteiger partial charge in [-0.25, -0.2) is 13.9 Å². The lowest BCUT2D eigenvalue weighted by molar-refractivity contribution is -0.684. The van der Waals surface area contributed by atoms with Gasteiger partial charge in [0.2, 0.25) is 6.33 Å². The van der Waals surface area contributed by atoms with Crippen LogP contribution in [0.2, 0.25) is 0 Å². The molecule has 1 aromatic heterocycles. The zero-order valence-corrected chi connectivity index (χ0v) is 9.91. The fraction of sp³-hybridized carbons (Fsp3) is 0.154. The SMILES string of the molecule is COC(=O)c1ccc(-n2cc[n+](CC#N)c2)cc1. The second-order valence-electron chi connectivity index (χ2n) is 3.69. The second-order valence-corrected chi connectivity index (χ2v) is 3.69. The maximum absolute atomic E-state index is 11.3. The summed E-state index contributed by atoms with van der Waals surface area (Å²) in [4.78, 5) is 11.3. The molecule has 90 valence electrons. The molecule has 1 heterocycles. The Balaban J connectivity index is 2.23. The van der Waals surface area contributed by atoms with Gasteiger partial charge in [-0.1, -0.05) is 0 Å². The Morgan fingerprint density at radius 2 is 2.17 bits per heavy atom. The smallest absolute Gasteiger partial charge is 0.337 e. The van der Waals surface area contributed by atoms with Gasteiger partial charge in [-0.15, -0.1) is 0 Å². The molecule has 0 atom stereocenters. The molecular formula is C13H12N3O2+. The average Bonchev–Trinajstić information content (AvgIpc) is 2.87. The minimum atomic E-state index is -0.353. The number of ether oxygens (including phenoxy) is 1. The van der Waals surface area contributed by atoms with E-state index in [0.717, 1.165) is 5.69 Å². The lowest BCUT2D eigenvalue weighted by atomic mass is 10.2. The first-order chi connectivity index (χ1) is 8.74. The molecule has 0 aliphatic rings. The standard InChI is InChI=1S/C13H12N3O2/c1-18-13(17)11-2-4-12(5-3-11)16-9-8-15(10-16)7-6-14/h2-5,8-10H,7H2,1H3/q+1. The first-order valence-corrected chi connectivity index (χ1v) is 5.37. The topological polar surface area (TPSA) is 58.9 Å². The number of aromatic nitrogens is 2. The molecule has 0 fully saturated rings. The van der Waals surface area contributed by atoms with Crippen molar-refractivity contribution in [1.82, 2.24) is 4.57 Å². The molecule has 0 aliphatic heterocycles. The number of rotatable bonds is 3. The normalized spacial score (nSPS) is 9.78. The third-order valence-electron chi connectivity index (χ3n) is 2.53. The fourth-order valence-corrected chi connectivity index (χ4v) is 1.61. The van der Waals surface area contributed by atoms with E-state index in [4.69, 9.17) is 5.26 Å². The van der Waals surface area contributed by atoms with Crippen molar-refractivity contribution < 1.29 is 14.1 Å². The highest BCUT2D eigenvalue weighted by Gasteiger charge is 2.08. The van der Waals surface area contributed by atoms with Gasteiger partial charge < -0.3 is 4.74 Å². The summed E-state index contributed by atoms with van der Waals surface area (Å²) in [5.41, 5.74) is 1.43. The predicted molar refractivity (Wildman–Crippen MR) is 62.9 cm³/mol. The van der Waals surface area contributed by atoms with Crippen molar-refractivity contribution in [3.8, 4) is 11.8 Å². The van der Waals surface area contributed by atoms with Gasteiger partial charge in [-0.05, 0) is 24.3 Å². The number of carbonyl (C=O) groups is 1. The first-order valence-electron chi connectivity index (χ1n) is 5.37. The van der Waals surface area contributed by atoms with Crippen molar-refractivity contribution in [2.45, 2.75) is 6.54 Å². The Bertz CT molecular complexity index is 593. The molecule has 0 spiro atoms. The Kier molecular flexibility index (Phi) is 3.39. The molecule has 0 unspecified atom stereocenters. The summed E-state index contributed by atoms with van der Waals surface area (Å²) in [5.74, 6) is -0.353. The number of imidazole rings is 1. The zero-order valence-electron chi connectivity index (χ0n) is 9.91. The summed E-state index contributed by atoms with van der Waals surface area (Å²) in [5, 5.41) is 8.59. The molecular weight excluding hydrogens is 230 g/mol. The van der Waals surface area contributed by atoms with E-state index in [9.17, 15) is 4.79 Å². The Morgan fingerprint density at radius 1 is 1.44 bits per heavy atom. The number of hydrogen-bond donors (Lipinski definition) is 0. The number of esters is 1. The Morgan fingerprint density at radius 3 is 2.78 bits per heavy atom. The van der Waals surface area contributed by atoms with Crippen LogP contribution in [0.25, 0.3) is 5.69 Å². The first kappa shape index (κ1) is 11.9. The summed E-state index contributed by atoms with van der Waals surface area (Å²) >= 11 is 0. The quantitative estimate of drug-likeness (QED) is 0.597. The molecule has 0 bridgehead atoms. The fourth-order valence-electron chi connectivity index (χ4n) is 1.61. The van der Waals surface area contributed by atoms with Gasteiger partial charge in [0.15, 0.2) is 6.54 Å². The molecule has 1 aromatic carbocycles. The summed E-state index contributed by atoms with van der Waals surface area (Å²) in [7, 11) is 1.35. The van der Waals surface area contributed by atoms with E-state index >= 15 is 0 Å². The number of methoxy groups -OCH3 is 1. The molecule has 0 amide bonds. The van der Waals surface area contributed by atoms with Gasteiger partial charge >= 0.3 is 5.97 Å². The van der Waals surface area contributed by atoms with Gasteiger partial charge in [0.25, 0.3) is 0 Å². The zero-order chi connectivity index (χ0) is 13.0. The molecule has 0 saturated heterocycles. The minimum Gasteiger partial charge on any atom is -0.465 e. The van der Waals surface area contributed by atoms with E-state index in [1.807, 2.05) is 35.4 Å². The minimum absolute atomic E-state index is 0.313. The Labute approximate surface area is 104 Å². The van der Waals surface area contributed by atoms with Gasteiger partial charge in [0.1, 0.15) is 24.2 Å². The van der Waals surface area contributed by atoms with Gasteiger partial charge in [0, 0.05) is 0 Å². The maximum Gasteiger partial charge on any atom is 0.337 e. The lowest BCUT2D eigenvalue weighted by Crippen LogP contribution is -2.29. The van der Waals surface area contributed by atoms with Gasteiger partial charge in [0.05, 0.1) is 12.7 Å². The van der Waals surface area contributed by atoms with Crippen LogP contribution in [0.5, 0.6) is 0 Å². The molecule has 0 saturated carbocycles. The van der Waals surface area contributed by atoms with Crippen LogP contribution >= 0.6 is 0 Å². The highest BCUT2D eigenvalue weighted by atomic mass is 16.5. The number of hydrogen-bond acceptors (Lipinski definition) is 3. The molecule has 18 heavy (non-hydrogen) atoms. The van der Waals surface area contributed by atoms with Crippen molar-refractivity contribution >= 4 is 5.97 Å². The molecule has 5 nitrogen and oxygen atoms in total. The number of nitriles is 1. The highest BCUT2D eigenvalue weighted by molar-refractivity contribution is 5.89. The predicted octanol–water partition coefficient (Wildman–Crippen LogP) is 1.07. The summed E-state index contributed by atoms with van der Waals surface area (Å²) < 4.78 is 8.28. The number of carbonyl (C=O) groups excluding carboxylic acids is 1. The van der Waals surface area contributed by atoms with Crippen LogP contribution in [0.1, 0.15) is 10.4 Å². The van der Waals surface area contributed by atoms with Crippen molar-refractivity contribution in [2.75, 3.05) is 7.11 Å². The van der Waals surface area contributed by atoms with Crippen LogP contribution in [-0.2, 0) is 11.3 Å². The van der Waals surface area contributed by atoms with Crippen LogP contribution in [0, 0.1) is 11.3 Å². The average molecular weight is 242 g/mol. The van der Waals surface area contributed by atoms with E-state index in [2.05, 4.69) is 10.8 Å². The van der Waals surface area contributed by atoms with Crippen LogP contribution in [0.4, 0.5) is 0 Å². The second kappa shape index (κ2) is 5.15. The molecule has 2 rings (SSSR count). The van der Waals surface area contributed by atoms with Crippen LogP contribution in [-0.4, -0.2) is 17.6 Å². The van der Waals surface area contributed by atoms with Crippen molar-refractivity contribution in [3.63, 3.8) is 0 Å². The summed E-state index contributed by atoms with van der Waals surface area (Å²) in [6.07, 6.45) is 5.48. The molecule has 0 aliphatic carbocycles. The van der Waals surface area contributed by atoms with E-state index in [0.29, 0.717) is 12.1 Å². The van der Waals surface area contributed by atoms with Crippen LogP contribution in [0.3, 0.4) is 0 Å². The lowest BCUT2D eigenvalue weighted by Gasteiger charge is -1.99. The summed E-state index contributed by atoms with van der Waals surface area (Å²) in [6.45, 7) is 0.313. The molecule has 5 heteroatoms. The molecule has 0 radical (unpaired) electrons. The third kappa shape index (κ3) is 2.38. The largest absolute Gasteiger partial charge is 0.465 e. The highest BCUT2D eigenvalue weighted by Crippen LogP contribution is 2.09.